The lowest BCUT2D eigenvalue weighted by atomic mass is 9.67. The van der Waals surface area contributed by atoms with E-state index in [2.05, 4.69) is 53.4 Å². The Morgan fingerprint density at radius 2 is 1.24 bits per heavy atom. The molecule has 0 aliphatic rings. The van der Waals surface area contributed by atoms with Crippen LogP contribution in [0.4, 0.5) is 0 Å². The normalized spacial score (nSPS) is 16.3. The van der Waals surface area contributed by atoms with Crippen LogP contribution in [0.5, 0.6) is 0 Å². The van der Waals surface area contributed by atoms with Crippen LogP contribution in [-0.2, 0) is 9.68 Å². The molecule has 1 N–H and O–H groups in total. The van der Waals surface area contributed by atoms with Gasteiger partial charge < -0.3 is 4.89 Å². The van der Waals surface area contributed by atoms with Crippen LogP contribution in [0, 0.1) is 22.7 Å². The second kappa shape index (κ2) is 15.3. The summed E-state index contributed by atoms with van der Waals surface area (Å²) in [4.78, 5) is 17.5. The molecule has 0 saturated carbocycles. The molecule has 2 atom stereocenters. The molecule has 0 saturated heterocycles. The van der Waals surface area contributed by atoms with Gasteiger partial charge in [0.25, 0.3) is 0 Å². The quantitative estimate of drug-likeness (QED) is 0.147. The lowest BCUT2D eigenvalue weighted by molar-refractivity contribution is -0.248. The molecule has 0 radical (unpaired) electrons. The zero-order chi connectivity index (χ0) is 22.3. The van der Waals surface area contributed by atoms with E-state index in [1.165, 1.54) is 38.5 Å². The minimum absolute atomic E-state index is 0.320. The van der Waals surface area contributed by atoms with Gasteiger partial charge in [0.1, 0.15) is 0 Å². The number of unbranched alkanes of at least 4 members (excludes halogenated alkanes) is 3. The van der Waals surface area contributed by atoms with Gasteiger partial charge in [-0.25, -0.2) is 4.79 Å². The third kappa shape index (κ3) is 12.0. The summed E-state index contributed by atoms with van der Waals surface area (Å²) >= 11 is 0. The molecule has 2 unspecified atom stereocenters. The van der Waals surface area contributed by atoms with Gasteiger partial charge in [0.15, 0.2) is 0 Å². The topological polar surface area (TPSA) is 46.5 Å². The maximum absolute atomic E-state index is 13.0. The molecule has 0 fully saturated rings. The van der Waals surface area contributed by atoms with Crippen LogP contribution >= 0.6 is 0 Å². The zero-order valence-corrected chi connectivity index (χ0v) is 20.8. The second-order valence-corrected chi connectivity index (χ2v) is 10.7. The molecular formula is C26H52O3. The summed E-state index contributed by atoms with van der Waals surface area (Å²) in [5.74, 6) is 0.679. The number of carbonyl (C=O) groups is 1. The van der Waals surface area contributed by atoms with Gasteiger partial charge >= 0.3 is 5.97 Å². The fourth-order valence-corrected chi connectivity index (χ4v) is 4.76. The summed E-state index contributed by atoms with van der Waals surface area (Å²) in [5.41, 5.74) is -0.213. The first-order chi connectivity index (χ1) is 13.7. The molecule has 0 heterocycles. The number of hydrogen-bond acceptors (Lipinski definition) is 3. The Morgan fingerprint density at radius 1 is 0.793 bits per heavy atom. The highest BCUT2D eigenvalue weighted by molar-refractivity contribution is 5.76. The Bertz CT molecular complexity index is 393. The van der Waals surface area contributed by atoms with Crippen LogP contribution in [0.25, 0.3) is 0 Å². The number of carbonyl (C=O) groups excluding carboxylic acids is 1. The first-order valence-corrected chi connectivity index (χ1v) is 12.5. The minimum atomic E-state index is -0.532. The summed E-state index contributed by atoms with van der Waals surface area (Å²) in [6.45, 7) is 15.8. The molecule has 0 rings (SSSR count). The zero-order valence-electron chi connectivity index (χ0n) is 20.8. The molecule has 0 aromatic heterocycles. The minimum Gasteiger partial charge on any atom is -0.300 e. The Labute approximate surface area is 182 Å². The molecule has 0 aliphatic heterocycles. The van der Waals surface area contributed by atoms with Crippen molar-refractivity contribution in [3.8, 4) is 0 Å². The molecule has 3 nitrogen and oxygen atoms in total. The third-order valence-corrected chi connectivity index (χ3v) is 6.79. The SMILES string of the molecule is CCCCC(CC)CC(CCCCC(C)(C)C)(CC(CC)CCCC)C(=O)OO. The van der Waals surface area contributed by atoms with Gasteiger partial charge in [0.2, 0.25) is 0 Å². The van der Waals surface area contributed by atoms with Crippen molar-refractivity contribution in [2.24, 2.45) is 22.7 Å². The second-order valence-electron chi connectivity index (χ2n) is 10.7. The molecule has 0 aromatic rings. The fraction of sp³-hybridized carbons (Fsp3) is 0.962. The molecule has 0 aliphatic carbocycles. The number of hydrogen-bond donors (Lipinski definition) is 1. The van der Waals surface area contributed by atoms with E-state index in [-0.39, 0.29) is 5.97 Å². The van der Waals surface area contributed by atoms with Crippen molar-refractivity contribution >= 4 is 5.97 Å². The van der Waals surface area contributed by atoms with Crippen molar-refractivity contribution in [2.75, 3.05) is 0 Å². The first-order valence-electron chi connectivity index (χ1n) is 12.5. The van der Waals surface area contributed by atoms with E-state index < -0.39 is 5.41 Å². The number of rotatable bonds is 17. The van der Waals surface area contributed by atoms with Crippen molar-refractivity contribution in [1.82, 2.24) is 0 Å². The molecule has 0 bridgehead atoms. The van der Waals surface area contributed by atoms with E-state index in [1.807, 2.05) is 0 Å². The Balaban J connectivity index is 5.52. The van der Waals surface area contributed by atoms with Crippen molar-refractivity contribution in [3.63, 3.8) is 0 Å². The first kappa shape index (κ1) is 28.4. The van der Waals surface area contributed by atoms with E-state index in [4.69, 9.17) is 0 Å². The van der Waals surface area contributed by atoms with Crippen LogP contribution in [0.3, 0.4) is 0 Å². The van der Waals surface area contributed by atoms with E-state index in [1.54, 1.807) is 0 Å². The average Bonchev–Trinajstić information content (AvgIpc) is 2.69. The highest BCUT2D eigenvalue weighted by Crippen LogP contribution is 2.44. The fourth-order valence-electron chi connectivity index (χ4n) is 4.76. The van der Waals surface area contributed by atoms with Gasteiger partial charge in [-0.05, 0) is 42.9 Å². The van der Waals surface area contributed by atoms with Crippen LogP contribution in [0.1, 0.15) is 138 Å². The van der Waals surface area contributed by atoms with Gasteiger partial charge in [-0.15, -0.1) is 0 Å². The lowest BCUT2D eigenvalue weighted by Gasteiger charge is -2.36. The van der Waals surface area contributed by atoms with Gasteiger partial charge in [-0.2, -0.15) is 5.26 Å². The van der Waals surface area contributed by atoms with Crippen LogP contribution in [0.15, 0.2) is 0 Å². The Morgan fingerprint density at radius 3 is 1.59 bits per heavy atom. The summed E-state index contributed by atoms with van der Waals surface area (Å²) in [5, 5.41) is 9.43. The van der Waals surface area contributed by atoms with Gasteiger partial charge in [-0.3, -0.25) is 0 Å². The average molecular weight is 413 g/mol. The van der Waals surface area contributed by atoms with Gasteiger partial charge in [-0.1, -0.05) is 113 Å². The van der Waals surface area contributed by atoms with Gasteiger partial charge in [0.05, 0.1) is 5.41 Å². The van der Waals surface area contributed by atoms with Crippen LogP contribution in [-0.4, -0.2) is 11.2 Å². The molecule has 3 heteroatoms. The maximum atomic E-state index is 13.0. The van der Waals surface area contributed by atoms with Crippen molar-refractivity contribution < 1.29 is 14.9 Å². The summed E-state index contributed by atoms with van der Waals surface area (Å²) in [6, 6.07) is 0. The Hall–Kier alpha value is -0.570. The van der Waals surface area contributed by atoms with E-state index in [0.717, 1.165) is 51.4 Å². The predicted molar refractivity (Wildman–Crippen MR) is 125 cm³/mol. The monoisotopic (exact) mass is 412 g/mol. The van der Waals surface area contributed by atoms with E-state index in [9.17, 15) is 10.1 Å². The van der Waals surface area contributed by atoms with Crippen LogP contribution < -0.4 is 0 Å². The molecular weight excluding hydrogens is 360 g/mol. The van der Waals surface area contributed by atoms with E-state index in [0.29, 0.717) is 17.3 Å². The van der Waals surface area contributed by atoms with E-state index >= 15 is 0 Å². The molecule has 0 spiro atoms. The maximum Gasteiger partial charge on any atom is 0.348 e. The summed E-state index contributed by atoms with van der Waals surface area (Å²) < 4.78 is 0. The molecule has 0 aromatic carbocycles. The standard InChI is InChI=1S/C26H52O3/c1-8-12-16-22(10-3)20-26(24(27)29-28,19-15-14-18-25(5,6)7)21-23(11-4)17-13-9-2/h22-23,28H,8-21H2,1-7H3. The lowest BCUT2D eigenvalue weighted by Crippen LogP contribution is -2.37. The molecule has 174 valence electrons. The van der Waals surface area contributed by atoms with Crippen LogP contribution in [0.2, 0.25) is 0 Å². The third-order valence-electron chi connectivity index (χ3n) is 6.79. The molecule has 0 amide bonds. The molecule has 29 heavy (non-hydrogen) atoms. The van der Waals surface area contributed by atoms with Gasteiger partial charge in [0, 0.05) is 0 Å². The highest BCUT2D eigenvalue weighted by atomic mass is 17.1. The van der Waals surface area contributed by atoms with Crippen molar-refractivity contribution in [1.29, 1.82) is 0 Å². The predicted octanol–water partition coefficient (Wildman–Crippen LogP) is 8.81. The smallest absolute Gasteiger partial charge is 0.300 e. The summed E-state index contributed by atoms with van der Waals surface area (Å²) in [7, 11) is 0. The van der Waals surface area contributed by atoms with Crippen molar-refractivity contribution in [3.05, 3.63) is 0 Å². The summed E-state index contributed by atoms with van der Waals surface area (Å²) in [6.07, 6.45) is 15.2. The largest absolute Gasteiger partial charge is 0.348 e. The highest BCUT2D eigenvalue weighted by Gasteiger charge is 2.42. The van der Waals surface area contributed by atoms with Crippen molar-refractivity contribution in [2.45, 2.75) is 138 Å². The Kier molecular flexibility index (Phi) is 15.0.